The summed E-state index contributed by atoms with van der Waals surface area (Å²) in [6.45, 7) is 5.41. The van der Waals surface area contributed by atoms with Crippen molar-refractivity contribution in [3.63, 3.8) is 0 Å². The van der Waals surface area contributed by atoms with Crippen LogP contribution in [0.2, 0.25) is 0 Å². The molecule has 19 heavy (non-hydrogen) atoms. The lowest BCUT2D eigenvalue weighted by atomic mass is 9.95. The van der Waals surface area contributed by atoms with Gasteiger partial charge in [-0.2, -0.15) is 0 Å². The van der Waals surface area contributed by atoms with Crippen LogP contribution in [0.15, 0.2) is 24.3 Å². The van der Waals surface area contributed by atoms with E-state index in [2.05, 4.69) is 24.8 Å². The molecule has 0 bridgehead atoms. The second kappa shape index (κ2) is 6.20. The van der Waals surface area contributed by atoms with Gasteiger partial charge < -0.3 is 5.11 Å². The van der Waals surface area contributed by atoms with Crippen LogP contribution in [-0.2, 0) is 17.8 Å². The maximum absolute atomic E-state index is 10.9. The van der Waals surface area contributed by atoms with E-state index >= 15 is 0 Å². The lowest BCUT2D eigenvalue weighted by Crippen LogP contribution is -2.43. The van der Waals surface area contributed by atoms with Gasteiger partial charge in [-0.05, 0) is 37.8 Å². The Hall–Kier alpha value is -1.35. The first kappa shape index (κ1) is 14.1. The smallest absolute Gasteiger partial charge is 0.307 e. The van der Waals surface area contributed by atoms with Crippen LogP contribution in [-0.4, -0.2) is 28.1 Å². The summed E-state index contributed by atoms with van der Waals surface area (Å²) in [6, 6.07) is 9.09. The van der Waals surface area contributed by atoms with Gasteiger partial charge in [0.2, 0.25) is 0 Å². The zero-order valence-corrected chi connectivity index (χ0v) is 11.8. The molecule has 2 atom stereocenters. The number of carboxylic acids is 1. The molecule has 1 heterocycles. The van der Waals surface area contributed by atoms with Gasteiger partial charge in [-0.15, -0.1) is 0 Å². The fourth-order valence-corrected chi connectivity index (χ4v) is 3.03. The van der Waals surface area contributed by atoms with Crippen molar-refractivity contribution >= 4 is 5.97 Å². The molecule has 1 fully saturated rings. The van der Waals surface area contributed by atoms with Gasteiger partial charge >= 0.3 is 5.97 Å². The second-order valence-electron chi connectivity index (χ2n) is 5.64. The van der Waals surface area contributed by atoms with Gasteiger partial charge in [0, 0.05) is 18.6 Å². The molecule has 0 spiro atoms. The fraction of sp³-hybridized carbons (Fsp3) is 0.562. The highest BCUT2D eigenvalue weighted by atomic mass is 16.4. The monoisotopic (exact) mass is 261 g/mol. The largest absolute Gasteiger partial charge is 0.481 e. The number of nitrogens with zero attached hydrogens (tertiary/aromatic N) is 1. The Bertz CT molecular complexity index is 434. The standard InChI is InChI=1S/C16H23NO2/c1-12-6-5-7-13(2)17(12)11-15-9-4-3-8-14(15)10-16(18)19/h3-4,8-9,12-13H,5-7,10-11H2,1-2H3,(H,18,19). The zero-order chi connectivity index (χ0) is 13.8. The first-order chi connectivity index (χ1) is 9.08. The van der Waals surface area contributed by atoms with Crippen molar-refractivity contribution < 1.29 is 9.90 Å². The van der Waals surface area contributed by atoms with Gasteiger partial charge in [-0.1, -0.05) is 30.7 Å². The Balaban J connectivity index is 2.15. The van der Waals surface area contributed by atoms with Crippen LogP contribution in [0.4, 0.5) is 0 Å². The number of carbonyl (C=O) groups is 1. The van der Waals surface area contributed by atoms with Crippen molar-refractivity contribution in [2.75, 3.05) is 0 Å². The highest BCUT2D eigenvalue weighted by molar-refractivity contribution is 5.70. The van der Waals surface area contributed by atoms with E-state index in [1.165, 1.54) is 19.3 Å². The lowest BCUT2D eigenvalue weighted by Gasteiger charge is -2.39. The highest BCUT2D eigenvalue weighted by Gasteiger charge is 2.25. The van der Waals surface area contributed by atoms with Crippen LogP contribution in [0.5, 0.6) is 0 Å². The second-order valence-corrected chi connectivity index (χ2v) is 5.64. The molecule has 1 aromatic carbocycles. The molecule has 1 aliphatic heterocycles. The van der Waals surface area contributed by atoms with Gasteiger partial charge in [0.1, 0.15) is 0 Å². The zero-order valence-electron chi connectivity index (χ0n) is 11.8. The van der Waals surface area contributed by atoms with E-state index in [9.17, 15) is 4.79 Å². The van der Waals surface area contributed by atoms with Crippen LogP contribution in [0.25, 0.3) is 0 Å². The van der Waals surface area contributed by atoms with Crippen molar-refractivity contribution in [1.82, 2.24) is 4.90 Å². The number of hydrogen-bond donors (Lipinski definition) is 1. The molecule has 1 saturated heterocycles. The molecule has 3 nitrogen and oxygen atoms in total. The van der Waals surface area contributed by atoms with E-state index in [1.807, 2.05) is 18.2 Å². The van der Waals surface area contributed by atoms with E-state index < -0.39 is 5.97 Å². The summed E-state index contributed by atoms with van der Waals surface area (Å²) in [4.78, 5) is 13.4. The summed E-state index contributed by atoms with van der Waals surface area (Å²) in [6.07, 6.45) is 3.90. The number of hydrogen-bond acceptors (Lipinski definition) is 2. The van der Waals surface area contributed by atoms with Crippen LogP contribution in [0.3, 0.4) is 0 Å². The summed E-state index contributed by atoms with van der Waals surface area (Å²) < 4.78 is 0. The third-order valence-electron chi connectivity index (χ3n) is 4.19. The Labute approximate surface area is 115 Å². The Morgan fingerprint density at radius 1 is 1.21 bits per heavy atom. The Morgan fingerprint density at radius 3 is 2.37 bits per heavy atom. The molecule has 0 amide bonds. The van der Waals surface area contributed by atoms with Crippen LogP contribution < -0.4 is 0 Å². The summed E-state index contributed by atoms with van der Waals surface area (Å²) in [5.74, 6) is -0.757. The molecule has 0 saturated carbocycles. The van der Waals surface area contributed by atoms with E-state index in [0.717, 1.165) is 17.7 Å². The predicted octanol–water partition coefficient (Wildman–Crippen LogP) is 3.08. The van der Waals surface area contributed by atoms with Crippen LogP contribution in [0.1, 0.15) is 44.2 Å². The van der Waals surface area contributed by atoms with Crippen molar-refractivity contribution in [2.24, 2.45) is 0 Å². The van der Waals surface area contributed by atoms with Crippen LogP contribution >= 0.6 is 0 Å². The van der Waals surface area contributed by atoms with Gasteiger partial charge in [0.25, 0.3) is 0 Å². The van der Waals surface area contributed by atoms with E-state index in [-0.39, 0.29) is 6.42 Å². The molecule has 0 radical (unpaired) electrons. The number of likely N-dealkylation sites (tertiary alicyclic amines) is 1. The molecule has 104 valence electrons. The number of carboxylic acid groups (broad SMARTS) is 1. The minimum absolute atomic E-state index is 0.118. The quantitative estimate of drug-likeness (QED) is 0.905. The topological polar surface area (TPSA) is 40.5 Å². The van der Waals surface area contributed by atoms with Crippen molar-refractivity contribution in [3.05, 3.63) is 35.4 Å². The van der Waals surface area contributed by atoms with Crippen molar-refractivity contribution in [3.8, 4) is 0 Å². The SMILES string of the molecule is CC1CCCC(C)N1Cc1ccccc1CC(=O)O. The molecule has 0 aromatic heterocycles. The molecule has 1 aromatic rings. The van der Waals surface area contributed by atoms with Crippen molar-refractivity contribution in [2.45, 2.75) is 58.2 Å². The first-order valence-electron chi connectivity index (χ1n) is 7.12. The maximum Gasteiger partial charge on any atom is 0.307 e. The summed E-state index contributed by atoms with van der Waals surface area (Å²) in [5, 5.41) is 8.99. The average Bonchev–Trinajstić information content (AvgIpc) is 2.35. The summed E-state index contributed by atoms with van der Waals surface area (Å²) in [5.41, 5.74) is 2.10. The Kier molecular flexibility index (Phi) is 4.59. The summed E-state index contributed by atoms with van der Waals surface area (Å²) >= 11 is 0. The molecular weight excluding hydrogens is 238 g/mol. The number of benzene rings is 1. The first-order valence-corrected chi connectivity index (χ1v) is 7.12. The molecule has 1 N–H and O–H groups in total. The van der Waals surface area contributed by atoms with E-state index in [1.54, 1.807) is 0 Å². The molecule has 0 aliphatic carbocycles. The molecule has 3 heteroatoms. The number of aliphatic carboxylic acids is 1. The predicted molar refractivity (Wildman–Crippen MR) is 76.1 cm³/mol. The lowest BCUT2D eigenvalue weighted by molar-refractivity contribution is -0.136. The third-order valence-corrected chi connectivity index (χ3v) is 4.19. The van der Waals surface area contributed by atoms with E-state index in [4.69, 9.17) is 5.11 Å². The summed E-state index contributed by atoms with van der Waals surface area (Å²) in [7, 11) is 0. The minimum Gasteiger partial charge on any atom is -0.481 e. The maximum atomic E-state index is 10.9. The normalized spacial score (nSPS) is 24.3. The van der Waals surface area contributed by atoms with E-state index in [0.29, 0.717) is 12.1 Å². The van der Waals surface area contributed by atoms with Gasteiger partial charge in [-0.3, -0.25) is 9.69 Å². The van der Waals surface area contributed by atoms with Gasteiger partial charge in [0.15, 0.2) is 0 Å². The van der Waals surface area contributed by atoms with Crippen LogP contribution in [0, 0.1) is 0 Å². The minimum atomic E-state index is -0.757. The molecular formula is C16H23NO2. The number of rotatable bonds is 4. The van der Waals surface area contributed by atoms with Gasteiger partial charge in [-0.25, -0.2) is 0 Å². The average molecular weight is 261 g/mol. The third kappa shape index (κ3) is 3.57. The molecule has 1 aliphatic rings. The number of piperidine rings is 1. The van der Waals surface area contributed by atoms with Crippen molar-refractivity contribution in [1.29, 1.82) is 0 Å². The van der Waals surface area contributed by atoms with Gasteiger partial charge in [0.05, 0.1) is 6.42 Å². The molecule has 2 unspecified atom stereocenters. The highest BCUT2D eigenvalue weighted by Crippen LogP contribution is 2.25. The Morgan fingerprint density at radius 2 is 1.79 bits per heavy atom. The fourth-order valence-electron chi connectivity index (χ4n) is 3.03. The molecule has 2 rings (SSSR count).